The molecule has 0 aromatic heterocycles. The van der Waals surface area contributed by atoms with Crippen LogP contribution in [-0.4, -0.2) is 13.2 Å². The molecule has 0 amide bonds. The van der Waals surface area contributed by atoms with Gasteiger partial charge in [-0.05, 0) is 25.2 Å². The first-order valence-electron chi connectivity index (χ1n) is 13.4. The summed E-state index contributed by atoms with van der Waals surface area (Å²) in [7, 11) is 0. The van der Waals surface area contributed by atoms with Gasteiger partial charge in [-0.3, -0.25) is 0 Å². The third-order valence-corrected chi connectivity index (χ3v) is 6.18. The monoisotopic (exact) mass is 396 g/mol. The fourth-order valence-electron chi connectivity index (χ4n) is 4.15. The maximum absolute atomic E-state index is 6.11. The number of ether oxygens (including phenoxy) is 1. The molecule has 1 unspecified atom stereocenters. The van der Waals surface area contributed by atoms with Crippen molar-refractivity contribution in [2.24, 2.45) is 5.92 Å². The van der Waals surface area contributed by atoms with Gasteiger partial charge in [-0.15, -0.1) is 0 Å². The summed E-state index contributed by atoms with van der Waals surface area (Å²) in [6.45, 7) is 8.93. The topological polar surface area (TPSA) is 9.23 Å². The van der Waals surface area contributed by atoms with Crippen LogP contribution in [0.2, 0.25) is 0 Å². The van der Waals surface area contributed by atoms with Crippen LogP contribution < -0.4 is 0 Å². The van der Waals surface area contributed by atoms with Crippen molar-refractivity contribution in [3.8, 4) is 0 Å². The molecule has 0 aromatic rings. The molecule has 0 saturated heterocycles. The van der Waals surface area contributed by atoms with E-state index in [1.807, 2.05) is 0 Å². The van der Waals surface area contributed by atoms with Gasteiger partial charge in [0.15, 0.2) is 0 Å². The fourth-order valence-corrected chi connectivity index (χ4v) is 4.15. The zero-order valence-corrected chi connectivity index (χ0v) is 20.2. The second-order valence-electron chi connectivity index (χ2n) is 9.18. The van der Waals surface area contributed by atoms with Gasteiger partial charge in [0.25, 0.3) is 0 Å². The van der Waals surface area contributed by atoms with E-state index in [4.69, 9.17) is 4.74 Å². The molecule has 170 valence electrons. The summed E-state index contributed by atoms with van der Waals surface area (Å²) in [5, 5.41) is 0. The summed E-state index contributed by atoms with van der Waals surface area (Å²) >= 11 is 0. The first-order valence-corrected chi connectivity index (χ1v) is 13.4. The predicted molar refractivity (Wildman–Crippen MR) is 128 cm³/mol. The van der Waals surface area contributed by atoms with Crippen LogP contribution in [0, 0.1) is 5.92 Å². The van der Waals surface area contributed by atoms with Crippen LogP contribution in [0.25, 0.3) is 0 Å². The molecule has 0 rings (SSSR count). The van der Waals surface area contributed by atoms with Crippen LogP contribution in [0.4, 0.5) is 0 Å². The molecule has 0 saturated carbocycles. The van der Waals surface area contributed by atoms with Crippen LogP contribution in [0.3, 0.4) is 0 Å². The molecule has 0 spiro atoms. The number of hydrogen-bond acceptors (Lipinski definition) is 1. The van der Waals surface area contributed by atoms with Gasteiger partial charge >= 0.3 is 0 Å². The van der Waals surface area contributed by atoms with Crippen molar-refractivity contribution in [3.63, 3.8) is 0 Å². The SMILES string of the molecule is CCCCCCCCCOCC(CCCCCCC)CCCCCCCCC. The Morgan fingerprint density at radius 1 is 0.429 bits per heavy atom. The van der Waals surface area contributed by atoms with Gasteiger partial charge in [0.2, 0.25) is 0 Å². The summed E-state index contributed by atoms with van der Waals surface area (Å²) in [6.07, 6.45) is 29.5. The van der Waals surface area contributed by atoms with Crippen molar-refractivity contribution < 1.29 is 4.74 Å². The van der Waals surface area contributed by atoms with Crippen molar-refractivity contribution in [1.82, 2.24) is 0 Å². The fraction of sp³-hybridized carbons (Fsp3) is 1.00. The summed E-state index contributed by atoms with van der Waals surface area (Å²) < 4.78 is 6.11. The quantitative estimate of drug-likeness (QED) is 0.147. The summed E-state index contributed by atoms with van der Waals surface area (Å²) in [6, 6.07) is 0. The molecule has 1 nitrogen and oxygen atoms in total. The summed E-state index contributed by atoms with van der Waals surface area (Å²) in [4.78, 5) is 0. The zero-order chi connectivity index (χ0) is 20.5. The van der Waals surface area contributed by atoms with Crippen LogP contribution in [0.5, 0.6) is 0 Å². The molecule has 0 fully saturated rings. The number of hydrogen-bond donors (Lipinski definition) is 0. The lowest BCUT2D eigenvalue weighted by Gasteiger charge is -2.17. The highest BCUT2D eigenvalue weighted by atomic mass is 16.5. The van der Waals surface area contributed by atoms with Crippen molar-refractivity contribution in [2.45, 2.75) is 156 Å². The Balaban J connectivity index is 3.74. The van der Waals surface area contributed by atoms with E-state index in [9.17, 15) is 0 Å². The van der Waals surface area contributed by atoms with Crippen molar-refractivity contribution >= 4 is 0 Å². The van der Waals surface area contributed by atoms with Crippen molar-refractivity contribution in [2.75, 3.05) is 13.2 Å². The standard InChI is InChI=1S/C27H56O/c1-4-7-10-13-15-18-21-24-27(23-20-17-12-9-6-3)26-28-25-22-19-16-14-11-8-5-2/h27H,4-26H2,1-3H3. The molecule has 0 aromatic carbocycles. The zero-order valence-electron chi connectivity index (χ0n) is 20.2. The Morgan fingerprint density at radius 3 is 1.21 bits per heavy atom. The average molecular weight is 397 g/mol. The predicted octanol–water partition coefficient (Wildman–Crippen LogP) is 9.87. The molecule has 1 heteroatoms. The van der Waals surface area contributed by atoms with Gasteiger partial charge < -0.3 is 4.74 Å². The molecule has 0 aliphatic carbocycles. The highest BCUT2D eigenvalue weighted by Crippen LogP contribution is 2.20. The van der Waals surface area contributed by atoms with E-state index in [0.717, 1.165) is 19.1 Å². The third kappa shape index (κ3) is 22.3. The Kier molecular flexibility index (Phi) is 25.0. The van der Waals surface area contributed by atoms with Crippen LogP contribution in [-0.2, 0) is 4.74 Å². The van der Waals surface area contributed by atoms with Gasteiger partial charge in [-0.25, -0.2) is 0 Å². The normalized spacial score (nSPS) is 12.5. The van der Waals surface area contributed by atoms with E-state index in [0.29, 0.717) is 0 Å². The maximum atomic E-state index is 6.11. The molecule has 0 bridgehead atoms. The van der Waals surface area contributed by atoms with Gasteiger partial charge in [-0.1, -0.05) is 136 Å². The number of rotatable bonds is 24. The second kappa shape index (κ2) is 25.0. The van der Waals surface area contributed by atoms with E-state index in [1.165, 1.54) is 135 Å². The summed E-state index contributed by atoms with van der Waals surface area (Å²) in [5.41, 5.74) is 0. The van der Waals surface area contributed by atoms with E-state index >= 15 is 0 Å². The molecule has 28 heavy (non-hydrogen) atoms. The average Bonchev–Trinajstić information content (AvgIpc) is 2.71. The highest BCUT2D eigenvalue weighted by molar-refractivity contribution is 4.61. The van der Waals surface area contributed by atoms with Gasteiger partial charge in [0, 0.05) is 13.2 Å². The molecule has 0 radical (unpaired) electrons. The molecule has 0 heterocycles. The molecule has 0 aliphatic rings. The molecule has 1 atom stereocenters. The smallest absolute Gasteiger partial charge is 0.0494 e. The van der Waals surface area contributed by atoms with Crippen LogP contribution in [0.1, 0.15) is 156 Å². The van der Waals surface area contributed by atoms with Crippen LogP contribution >= 0.6 is 0 Å². The third-order valence-electron chi connectivity index (χ3n) is 6.18. The van der Waals surface area contributed by atoms with E-state index in [2.05, 4.69) is 20.8 Å². The highest BCUT2D eigenvalue weighted by Gasteiger charge is 2.09. The Bertz CT molecular complexity index is 263. The first-order chi connectivity index (χ1) is 13.8. The van der Waals surface area contributed by atoms with E-state index < -0.39 is 0 Å². The van der Waals surface area contributed by atoms with Gasteiger partial charge in [0.05, 0.1) is 0 Å². The second-order valence-corrected chi connectivity index (χ2v) is 9.18. The van der Waals surface area contributed by atoms with Crippen molar-refractivity contribution in [1.29, 1.82) is 0 Å². The van der Waals surface area contributed by atoms with Gasteiger partial charge in [-0.2, -0.15) is 0 Å². The minimum absolute atomic E-state index is 0.821. The molecule has 0 N–H and O–H groups in total. The lowest BCUT2D eigenvalue weighted by atomic mass is 9.95. The molecular formula is C27H56O. The Labute approximate surface area is 179 Å². The van der Waals surface area contributed by atoms with E-state index in [-0.39, 0.29) is 0 Å². The lowest BCUT2D eigenvalue weighted by Crippen LogP contribution is -2.11. The number of unbranched alkanes of at least 4 members (excludes halogenated alkanes) is 16. The van der Waals surface area contributed by atoms with Crippen molar-refractivity contribution in [3.05, 3.63) is 0 Å². The Hall–Kier alpha value is -0.0400. The van der Waals surface area contributed by atoms with Crippen LogP contribution in [0.15, 0.2) is 0 Å². The maximum Gasteiger partial charge on any atom is 0.0494 e. The molecule has 0 aliphatic heterocycles. The van der Waals surface area contributed by atoms with Gasteiger partial charge in [0.1, 0.15) is 0 Å². The minimum Gasteiger partial charge on any atom is -0.381 e. The largest absolute Gasteiger partial charge is 0.381 e. The first kappa shape index (κ1) is 28.0. The minimum atomic E-state index is 0.821. The summed E-state index contributed by atoms with van der Waals surface area (Å²) in [5.74, 6) is 0.821. The molecular weight excluding hydrogens is 340 g/mol. The Morgan fingerprint density at radius 2 is 0.786 bits per heavy atom. The van der Waals surface area contributed by atoms with E-state index in [1.54, 1.807) is 0 Å². The lowest BCUT2D eigenvalue weighted by molar-refractivity contribution is 0.0878.